The van der Waals surface area contributed by atoms with Gasteiger partial charge in [-0.05, 0) is 39.0 Å². The molecule has 0 spiro atoms. The molecule has 0 fully saturated rings. The van der Waals surface area contributed by atoms with Crippen LogP contribution in [-0.2, 0) is 7.05 Å². The number of nitrogens with one attached hydrogen (secondary N) is 1. The lowest BCUT2D eigenvalue weighted by Crippen LogP contribution is -2.04. The Balaban J connectivity index is 1.63. The number of ketones is 1. The van der Waals surface area contributed by atoms with E-state index in [4.69, 9.17) is 4.74 Å². The number of para-hydroxylation sites is 2. The molecule has 0 aliphatic carbocycles. The van der Waals surface area contributed by atoms with E-state index in [-0.39, 0.29) is 5.78 Å². The van der Waals surface area contributed by atoms with E-state index in [2.05, 4.69) is 15.5 Å². The topological polar surface area (TPSA) is 69.0 Å². The lowest BCUT2D eigenvalue weighted by Gasteiger charge is -2.09. The number of Topliss-reactive ketones (excluding diaryl/α,β-unsaturated/α-hetero) is 1. The number of carbonyl (C=O) groups excluding carboxylic acids is 1. The molecular weight excluding hydrogens is 380 g/mol. The number of hydrogen-bond acceptors (Lipinski definition) is 7. The van der Waals surface area contributed by atoms with Crippen molar-refractivity contribution in [2.75, 3.05) is 17.7 Å². The van der Waals surface area contributed by atoms with Crippen LogP contribution in [0.1, 0.15) is 28.7 Å². The number of ether oxygens (including phenoxy) is 1. The molecule has 27 heavy (non-hydrogen) atoms. The monoisotopic (exact) mass is 402 g/mol. The van der Waals surface area contributed by atoms with Crippen molar-refractivity contribution in [3.8, 4) is 5.75 Å². The van der Waals surface area contributed by atoms with Gasteiger partial charge in [0.05, 0.1) is 18.0 Å². The van der Waals surface area contributed by atoms with Crippen molar-refractivity contribution in [3.05, 3.63) is 47.3 Å². The van der Waals surface area contributed by atoms with Gasteiger partial charge in [0.2, 0.25) is 5.13 Å². The molecule has 0 amide bonds. The number of carbonyl (C=O) groups is 1. The average Bonchev–Trinajstić information content (AvgIpc) is 3.21. The van der Waals surface area contributed by atoms with Crippen molar-refractivity contribution in [3.63, 3.8) is 0 Å². The van der Waals surface area contributed by atoms with Gasteiger partial charge >= 0.3 is 0 Å². The van der Waals surface area contributed by atoms with E-state index in [1.54, 1.807) is 0 Å². The van der Waals surface area contributed by atoms with Gasteiger partial charge in [0.25, 0.3) is 0 Å². The van der Waals surface area contributed by atoms with Crippen molar-refractivity contribution in [1.29, 1.82) is 0 Å². The second-order valence-corrected chi connectivity index (χ2v) is 8.18. The fourth-order valence-electron chi connectivity index (χ4n) is 2.63. The maximum Gasteiger partial charge on any atom is 0.210 e. The molecule has 0 aliphatic rings. The number of hydrogen-bond donors (Lipinski definition) is 1. The smallest absolute Gasteiger partial charge is 0.210 e. The highest BCUT2D eigenvalue weighted by molar-refractivity contribution is 8.01. The first-order valence-corrected chi connectivity index (χ1v) is 10.4. The van der Waals surface area contributed by atoms with Gasteiger partial charge in [-0.3, -0.25) is 4.79 Å². The second-order valence-electron chi connectivity index (χ2n) is 5.98. The molecule has 2 heterocycles. The van der Waals surface area contributed by atoms with Crippen LogP contribution in [0, 0.1) is 13.8 Å². The summed E-state index contributed by atoms with van der Waals surface area (Å²) in [4.78, 5) is 12.5. The fraction of sp³-hybridized carbons (Fsp3) is 0.316. The summed E-state index contributed by atoms with van der Waals surface area (Å²) in [5.74, 6) is 1.22. The number of benzene rings is 1. The standard InChI is InChI=1S/C19H22N4O2S2/c1-5-25-17-9-7-6-8-15(17)20-18-21-22-19(27-18)26-11-16(24)14-10-12(2)23(4)13(14)3/h6-10H,5,11H2,1-4H3,(H,20,21). The molecule has 8 heteroatoms. The van der Waals surface area contributed by atoms with Crippen LogP contribution in [0.25, 0.3) is 0 Å². The van der Waals surface area contributed by atoms with Crippen LogP contribution in [0.4, 0.5) is 10.8 Å². The van der Waals surface area contributed by atoms with E-state index in [1.165, 1.54) is 23.1 Å². The normalized spacial score (nSPS) is 10.8. The molecular formula is C19H22N4O2S2. The van der Waals surface area contributed by atoms with Crippen LogP contribution in [0.5, 0.6) is 5.75 Å². The summed E-state index contributed by atoms with van der Waals surface area (Å²) in [7, 11) is 1.97. The molecule has 0 saturated heterocycles. The zero-order valence-corrected chi connectivity index (χ0v) is 17.4. The van der Waals surface area contributed by atoms with E-state index in [0.717, 1.165) is 32.7 Å². The highest BCUT2D eigenvalue weighted by atomic mass is 32.2. The first-order valence-electron chi connectivity index (χ1n) is 8.60. The molecule has 0 saturated carbocycles. The van der Waals surface area contributed by atoms with Crippen molar-refractivity contribution in [1.82, 2.24) is 14.8 Å². The van der Waals surface area contributed by atoms with Gasteiger partial charge in [0.15, 0.2) is 10.1 Å². The van der Waals surface area contributed by atoms with Gasteiger partial charge in [-0.15, -0.1) is 10.2 Å². The summed E-state index contributed by atoms with van der Waals surface area (Å²) >= 11 is 2.83. The quantitative estimate of drug-likeness (QED) is 0.438. The first kappa shape index (κ1) is 19.4. The lowest BCUT2D eigenvalue weighted by atomic mass is 10.2. The van der Waals surface area contributed by atoms with Gasteiger partial charge in [-0.1, -0.05) is 35.2 Å². The van der Waals surface area contributed by atoms with Crippen LogP contribution >= 0.6 is 23.1 Å². The number of nitrogens with zero attached hydrogens (tertiary/aromatic N) is 3. The maximum absolute atomic E-state index is 12.5. The Bertz CT molecular complexity index is 949. The molecule has 0 aliphatic heterocycles. The highest BCUT2D eigenvalue weighted by Gasteiger charge is 2.16. The van der Waals surface area contributed by atoms with Crippen molar-refractivity contribution >= 4 is 39.7 Å². The zero-order chi connectivity index (χ0) is 19.4. The van der Waals surface area contributed by atoms with Gasteiger partial charge < -0.3 is 14.6 Å². The molecule has 1 aromatic carbocycles. The molecule has 0 bridgehead atoms. The van der Waals surface area contributed by atoms with Gasteiger partial charge in [0, 0.05) is 24.0 Å². The SMILES string of the molecule is CCOc1ccccc1Nc1nnc(SCC(=O)c2cc(C)n(C)c2C)s1. The number of aromatic nitrogens is 3. The zero-order valence-electron chi connectivity index (χ0n) is 15.8. The van der Waals surface area contributed by atoms with E-state index >= 15 is 0 Å². The molecule has 3 aromatic rings. The van der Waals surface area contributed by atoms with Crippen molar-refractivity contribution < 1.29 is 9.53 Å². The third-order valence-electron chi connectivity index (χ3n) is 4.24. The maximum atomic E-state index is 12.5. The molecule has 0 atom stereocenters. The van der Waals surface area contributed by atoms with Crippen LogP contribution in [0.3, 0.4) is 0 Å². The van der Waals surface area contributed by atoms with Crippen molar-refractivity contribution in [2.24, 2.45) is 7.05 Å². The fourth-order valence-corrected chi connectivity index (χ4v) is 4.28. The highest BCUT2D eigenvalue weighted by Crippen LogP contribution is 2.32. The lowest BCUT2D eigenvalue weighted by molar-refractivity contribution is 0.102. The minimum absolute atomic E-state index is 0.104. The molecule has 0 radical (unpaired) electrons. The Morgan fingerprint density at radius 1 is 1.30 bits per heavy atom. The first-order chi connectivity index (χ1) is 13.0. The minimum atomic E-state index is 0.104. The molecule has 2 aromatic heterocycles. The molecule has 142 valence electrons. The number of rotatable bonds is 8. The summed E-state index contributed by atoms with van der Waals surface area (Å²) < 4.78 is 8.39. The molecule has 0 unspecified atom stereocenters. The third kappa shape index (κ3) is 4.51. The van der Waals surface area contributed by atoms with Crippen LogP contribution in [-0.4, -0.2) is 32.9 Å². The van der Waals surface area contributed by atoms with Crippen LogP contribution in [0.15, 0.2) is 34.7 Å². The number of thioether (sulfide) groups is 1. The van der Waals surface area contributed by atoms with E-state index in [0.29, 0.717) is 17.5 Å². The van der Waals surface area contributed by atoms with Gasteiger partial charge in [-0.2, -0.15) is 0 Å². The van der Waals surface area contributed by atoms with Crippen molar-refractivity contribution in [2.45, 2.75) is 25.1 Å². The summed E-state index contributed by atoms with van der Waals surface area (Å²) in [5.41, 5.74) is 3.69. The van der Waals surface area contributed by atoms with E-state index < -0.39 is 0 Å². The summed E-state index contributed by atoms with van der Waals surface area (Å²) in [6, 6.07) is 9.64. The second kappa shape index (κ2) is 8.58. The molecule has 6 nitrogen and oxygen atoms in total. The van der Waals surface area contributed by atoms with Crippen LogP contribution in [0.2, 0.25) is 0 Å². The molecule has 1 N–H and O–H groups in total. The Morgan fingerprint density at radius 3 is 2.78 bits per heavy atom. The Kier molecular flexibility index (Phi) is 6.18. The largest absolute Gasteiger partial charge is 0.492 e. The summed E-state index contributed by atoms with van der Waals surface area (Å²) in [6.45, 7) is 6.51. The van der Waals surface area contributed by atoms with Gasteiger partial charge in [-0.25, -0.2) is 0 Å². The third-order valence-corrected chi connectivity index (χ3v) is 6.21. The Labute approximate surface area is 167 Å². The Hall–Kier alpha value is -2.32. The average molecular weight is 403 g/mol. The number of aryl methyl sites for hydroxylation is 1. The summed E-state index contributed by atoms with van der Waals surface area (Å²) in [6.07, 6.45) is 0. The van der Waals surface area contributed by atoms with E-state index in [1.807, 2.05) is 62.7 Å². The summed E-state index contributed by atoms with van der Waals surface area (Å²) in [5, 5.41) is 12.2. The van der Waals surface area contributed by atoms with E-state index in [9.17, 15) is 4.79 Å². The predicted octanol–water partition coefficient (Wildman–Crippen LogP) is 4.61. The predicted molar refractivity (Wildman–Crippen MR) is 111 cm³/mol. The minimum Gasteiger partial charge on any atom is -0.492 e. The van der Waals surface area contributed by atoms with Gasteiger partial charge in [0.1, 0.15) is 5.75 Å². The number of anilines is 2. The Morgan fingerprint density at radius 2 is 2.07 bits per heavy atom. The molecule has 3 rings (SSSR count). The van der Waals surface area contributed by atoms with Crippen LogP contribution < -0.4 is 10.1 Å².